The summed E-state index contributed by atoms with van der Waals surface area (Å²) in [7, 11) is -0.591. The van der Waals surface area contributed by atoms with E-state index in [-0.39, 0.29) is 0 Å². The topological polar surface area (TPSA) is 37.3 Å². The van der Waals surface area contributed by atoms with Crippen molar-refractivity contribution >= 4 is 20.0 Å². The van der Waals surface area contributed by atoms with Gasteiger partial charge in [-0.1, -0.05) is 0 Å². The Bertz CT molecular complexity index is 347. The van der Waals surface area contributed by atoms with Crippen LogP contribution in [-0.2, 0) is 0 Å². The van der Waals surface area contributed by atoms with E-state index in [0.29, 0.717) is 16.6 Å². The number of carbonyl (C=O) groups is 1. The molecule has 0 bridgehead atoms. The average Bonchev–Trinajstić information content (AvgIpc) is 2.17. The number of hydrogen-bond donors (Lipinski definition) is 1. The van der Waals surface area contributed by atoms with E-state index in [4.69, 9.17) is 5.11 Å². The third-order valence-electron chi connectivity index (χ3n) is 2.71. The molecular formula is C13H19O2Si+. The number of carboxylic acids is 1. The molecule has 0 aliphatic rings. The highest BCUT2D eigenvalue weighted by Crippen LogP contribution is 2.19. The lowest BCUT2D eigenvalue weighted by Crippen LogP contribution is -2.35. The van der Waals surface area contributed by atoms with Gasteiger partial charge in [0.15, 0.2) is 0 Å². The first-order chi connectivity index (χ1) is 7.43. The summed E-state index contributed by atoms with van der Waals surface area (Å²) >= 11 is 0. The maximum atomic E-state index is 10.8. The van der Waals surface area contributed by atoms with Gasteiger partial charge >= 0.3 is 14.8 Å². The van der Waals surface area contributed by atoms with Crippen molar-refractivity contribution in [3.63, 3.8) is 0 Å². The zero-order chi connectivity index (χ0) is 12.3. The molecule has 0 fully saturated rings. The summed E-state index contributed by atoms with van der Waals surface area (Å²) in [6.45, 7) is 9.00. The smallest absolute Gasteiger partial charge is 0.357 e. The molecule has 0 spiro atoms. The van der Waals surface area contributed by atoms with E-state index in [1.54, 1.807) is 12.1 Å². The van der Waals surface area contributed by atoms with E-state index in [9.17, 15) is 4.79 Å². The molecule has 16 heavy (non-hydrogen) atoms. The van der Waals surface area contributed by atoms with Crippen LogP contribution in [-0.4, -0.2) is 19.9 Å². The largest absolute Gasteiger partial charge is 0.478 e. The molecular weight excluding hydrogens is 216 g/mol. The van der Waals surface area contributed by atoms with Gasteiger partial charge in [-0.2, -0.15) is 0 Å². The molecule has 0 heterocycles. The van der Waals surface area contributed by atoms with E-state index >= 15 is 0 Å². The van der Waals surface area contributed by atoms with E-state index < -0.39 is 14.8 Å². The van der Waals surface area contributed by atoms with Crippen LogP contribution in [0.15, 0.2) is 24.3 Å². The maximum absolute atomic E-state index is 10.8. The van der Waals surface area contributed by atoms with Gasteiger partial charge in [-0.3, -0.25) is 0 Å². The molecule has 0 aliphatic carbocycles. The zero-order valence-corrected chi connectivity index (χ0v) is 11.3. The predicted octanol–water partition coefficient (Wildman–Crippen LogP) is 2.91. The van der Waals surface area contributed by atoms with Crippen molar-refractivity contribution in [2.75, 3.05) is 0 Å². The lowest BCUT2D eigenvalue weighted by atomic mass is 10.2. The molecule has 0 saturated carbocycles. The number of aromatic carboxylic acids is 1. The van der Waals surface area contributed by atoms with Gasteiger partial charge in [0, 0.05) is 0 Å². The van der Waals surface area contributed by atoms with E-state index in [0.717, 1.165) is 0 Å². The van der Waals surface area contributed by atoms with Gasteiger partial charge in [0.1, 0.15) is 0 Å². The molecule has 2 nitrogen and oxygen atoms in total. The van der Waals surface area contributed by atoms with Crippen molar-refractivity contribution < 1.29 is 9.90 Å². The summed E-state index contributed by atoms with van der Waals surface area (Å²) in [6.07, 6.45) is 0. The summed E-state index contributed by atoms with van der Waals surface area (Å²) in [6, 6.07) is 7.40. The zero-order valence-electron chi connectivity index (χ0n) is 10.3. The monoisotopic (exact) mass is 235 g/mol. The SMILES string of the molecule is CC(C)[Si+](c1ccc(C(=O)O)cc1)C(C)C. The Balaban J connectivity index is 2.99. The molecule has 0 unspecified atom stereocenters. The van der Waals surface area contributed by atoms with Crippen molar-refractivity contribution in [2.24, 2.45) is 0 Å². The van der Waals surface area contributed by atoms with Gasteiger partial charge in [-0.05, 0) is 52.0 Å². The molecule has 1 rings (SSSR count). The van der Waals surface area contributed by atoms with Crippen LogP contribution in [0.1, 0.15) is 38.1 Å². The summed E-state index contributed by atoms with van der Waals surface area (Å²) in [5.41, 5.74) is 1.71. The van der Waals surface area contributed by atoms with Gasteiger partial charge in [0.2, 0.25) is 0 Å². The Morgan fingerprint density at radius 3 is 1.81 bits per heavy atom. The minimum absolute atomic E-state index is 0.373. The van der Waals surface area contributed by atoms with Crippen molar-refractivity contribution in [3.05, 3.63) is 29.8 Å². The quantitative estimate of drug-likeness (QED) is 0.815. The Kier molecular flexibility index (Phi) is 4.30. The molecule has 0 aliphatic heterocycles. The Morgan fingerprint density at radius 2 is 1.50 bits per heavy atom. The summed E-state index contributed by atoms with van der Waals surface area (Å²) < 4.78 is 0. The fourth-order valence-electron chi connectivity index (χ4n) is 2.14. The highest BCUT2D eigenvalue weighted by atomic mass is 28.3. The molecule has 0 atom stereocenters. The maximum Gasteiger partial charge on any atom is 0.357 e. The summed E-state index contributed by atoms with van der Waals surface area (Å²) in [4.78, 5) is 10.8. The molecule has 0 amide bonds. The van der Waals surface area contributed by atoms with Gasteiger partial charge in [0.25, 0.3) is 0 Å². The van der Waals surface area contributed by atoms with Crippen molar-refractivity contribution in [3.8, 4) is 0 Å². The van der Waals surface area contributed by atoms with Crippen molar-refractivity contribution in [1.29, 1.82) is 0 Å². The number of carboxylic acid groups (broad SMARTS) is 1. The predicted molar refractivity (Wildman–Crippen MR) is 69.0 cm³/mol. The molecule has 1 aromatic carbocycles. The molecule has 86 valence electrons. The van der Waals surface area contributed by atoms with Gasteiger partial charge in [-0.15, -0.1) is 0 Å². The average molecular weight is 235 g/mol. The highest BCUT2D eigenvalue weighted by molar-refractivity contribution is 6.75. The van der Waals surface area contributed by atoms with E-state index in [2.05, 4.69) is 27.7 Å². The van der Waals surface area contributed by atoms with Crippen LogP contribution in [0.25, 0.3) is 0 Å². The molecule has 0 radical (unpaired) electrons. The first-order valence-electron chi connectivity index (χ1n) is 5.64. The lowest BCUT2D eigenvalue weighted by Gasteiger charge is -2.09. The standard InChI is InChI=1S/C13H18O2Si/c1-9(2)16(10(3)4)12-7-5-11(6-8-12)13(14)15/h5-10H,1-4H3/p+1. The van der Waals surface area contributed by atoms with Crippen molar-refractivity contribution in [1.82, 2.24) is 0 Å². The van der Waals surface area contributed by atoms with E-state index in [1.165, 1.54) is 5.19 Å². The van der Waals surface area contributed by atoms with Gasteiger partial charge in [-0.25, -0.2) is 4.79 Å². The van der Waals surface area contributed by atoms with Crippen LogP contribution < -0.4 is 5.19 Å². The number of hydrogen-bond acceptors (Lipinski definition) is 1. The second-order valence-corrected chi connectivity index (χ2v) is 8.44. The van der Waals surface area contributed by atoms with Crippen LogP contribution >= 0.6 is 0 Å². The molecule has 1 N–H and O–H groups in total. The Morgan fingerprint density at radius 1 is 1.06 bits per heavy atom. The Labute approximate surface area is 98.9 Å². The van der Waals surface area contributed by atoms with Crippen molar-refractivity contribution in [2.45, 2.75) is 38.8 Å². The first kappa shape index (κ1) is 13.0. The number of rotatable bonds is 4. The third-order valence-corrected chi connectivity index (χ3v) is 6.20. The minimum Gasteiger partial charge on any atom is -0.478 e. The summed E-state index contributed by atoms with van der Waals surface area (Å²) in [5.74, 6) is -0.852. The molecule has 1 aromatic rings. The second kappa shape index (κ2) is 5.30. The molecule has 0 saturated heterocycles. The van der Waals surface area contributed by atoms with Crippen LogP contribution in [0, 0.1) is 0 Å². The van der Waals surface area contributed by atoms with E-state index in [1.807, 2.05) is 12.1 Å². The lowest BCUT2D eigenvalue weighted by molar-refractivity contribution is 0.0697. The van der Waals surface area contributed by atoms with Crippen LogP contribution in [0.5, 0.6) is 0 Å². The second-order valence-electron chi connectivity index (χ2n) is 4.65. The summed E-state index contributed by atoms with van der Waals surface area (Å²) in [5, 5.41) is 10.2. The molecule has 0 aromatic heterocycles. The third kappa shape index (κ3) is 2.95. The van der Waals surface area contributed by atoms with Crippen LogP contribution in [0.4, 0.5) is 0 Å². The van der Waals surface area contributed by atoms with Crippen LogP contribution in [0.2, 0.25) is 11.1 Å². The normalized spacial score (nSPS) is 10.9. The Hall–Kier alpha value is -1.09. The fourth-order valence-corrected chi connectivity index (χ4v) is 5.36. The van der Waals surface area contributed by atoms with Crippen LogP contribution in [0.3, 0.4) is 0 Å². The fraction of sp³-hybridized carbons (Fsp3) is 0.462. The van der Waals surface area contributed by atoms with Gasteiger partial charge < -0.3 is 5.11 Å². The number of benzene rings is 1. The van der Waals surface area contributed by atoms with Gasteiger partial charge in [0.05, 0.1) is 21.8 Å². The highest BCUT2D eigenvalue weighted by Gasteiger charge is 2.37. The first-order valence-corrected chi connectivity index (χ1v) is 7.29. The molecule has 3 heteroatoms. The minimum atomic E-state index is -0.852.